The first-order valence-corrected chi connectivity index (χ1v) is 7.68. The van der Waals surface area contributed by atoms with Crippen LogP contribution in [0.2, 0.25) is 0 Å². The molecule has 1 aliphatic rings. The third-order valence-corrected chi connectivity index (χ3v) is 4.54. The maximum atomic E-state index is 13.0. The summed E-state index contributed by atoms with van der Waals surface area (Å²) in [6.45, 7) is 3.79. The fourth-order valence-corrected chi connectivity index (χ4v) is 3.20. The van der Waals surface area contributed by atoms with Gasteiger partial charge in [0.15, 0.2) is 5.78 Å². The molecular weight excluding hydrogens is 370 g/mol. The largest absolute Gasteiger partial charge is 0.465 e. The maximum Gasteiger partial charge on any atom is 0.408 e. The Morgan fingerprint density at radius 1 is 1.48 bits per heavy atom. The monoisotopic (exact) mass is 385 g/mol. The number of carbonyl (C=O) groups excluding carboxylic acids is 1. The first-order valence-electron chi connectivity index (χ1n) is 6.89. The van der Waals surface area contributed by atoms with E-state index in [9.17, 15) is 24.8 Å². The summed E-state index contributed by atoms with van der Waals surface area (Å²) in [5.41, 5.74) is -1.13. The van der Waals surface area contributed by atoms with Gasteiger partial charge in [0.05, 0.1) is 4.92 Å². The Morgan fingerprint density at radius 3 is 2.70 bits per heavy atom. The predicted molar refractivity (Wildman–Crippen MR) is 85.9 cm³/mol. The third kappa shape index (κ3) is 3.06. The minimum absolute atomic E-state index is 0.142. The van der Waals surface area contributed by atoms with Crippen LogP contribution in [0.4, 0.5) is 10.5 Å². The van der Waals surface area contributed by atoms with Gasteiger partial charge in [0.25, 0.3) is 5.69 Å². The van der Waals surface area contributed by atoms with E-state index in [0.29, 0.717) is 11.0 Å². The van der Waals surface area contributed by atoms with Crippen LogP contribution in [0.25, 0.3) is 0 Å². The summed E-state index contributed by atoms with van der Waals surface area (Å²) < 4.78 is 0.396. The van der Waals surface area contributed by atoms with Gasteiger partial charge in [-0.1, -0.05) is 15.9 Å². The molecule has 1 fully saturated rings. The van der Waals surface area contributed by atoms with Gasteiger partial charge in [0.2, 0.25) is 0 Å². The fourth-order valence-electron chi connectivity index (χ4n) is 2.75. The van der Waals surface area contributed by atoms with E-state index in [2.05, 4.69) is 21.2 Å². The van der Waals surface area contributed by atoms with Crippen molar-refractivity contribution in [1.82, 2.24) is 10.2 Å². The SMILES string of the molecule is Cc1c(C(=O)C2(C)CNCCN2C(=O)O)cc(Br)cc1[N+](=O)[O-]. The highest BCUT2D eigenvalue weighted by molar-refractivity contribution is 9.10. The number of amides is 1. The van der Waals surface area contributed by atoms with E-state index in [1.54, 1.807) is 0 Å². The molecular formula is C14H16BrN3O5. The van der Waals surface area contributed by atoms with E-state index in [0.717, 1.165) is 4.90 Å². The number of benzene rings is 1. The molecule has 0 spiro atoms. The van der Waals surface area contributed by atoms with Crippen molar-refractivity contribution < 1.29 is 19.6 Å². The van der Waals surface area contributed by atoms with E-state index in [1.165, 1.54) is 26.0 Å². The van der Waals surface area contributed by atoms with Crippen molar-refractivity contribution in [2.24, 2.45) is 0 Å². The molecule has 0 saturated carbocycles. The topological polar surface area (TPSA) is 113 Å². The van der Waals surface area contributed by atoms with Crippen LogP contribution < -0.4 is 5.32 Å². The summed E-state index contributed by atoms with van der Waals surface area (Å²) in [6, 6.07) is 2.81. The summed E-state index contributed by atoms with van der Waals surface area (Å²) in [5.74, 6) is -0.464. The van der Waals surface area contributed by atoms with Crippen LogP contribution in [0.3, 0.4) is 0 Å². The molecule has 2 N–H and O–H groups in total. The lowest BCUT2D eigenvalue weighted by atomic mass is 9.86. The molecule has 0 aliphatic carbocycles. The summed E-state index contributed by atoms with van der Waals surface area (Å²) in [4.78, 5) is 36.1. The zero-order chi connectivity index (χ0) is 17.4. The van der Waals surface area contributed by atoms with Gasteiger partial charge in [0, 0.05) is 41.3 Å². The van der Waals surface area contributed by atoms with Crippen LogP contribution in [-0.4, -0.2) is 52.0 Å². The average Bonchev–Trinajstić information content (AvgIpc) is 2.48. The number of carboxylic acid groups (broad SMARTS) is 1. The van der Waals surface area contributed by atoms with Gasteiger partial charge in [-0.3, -0.25) is 19.8 Å². The van der Waals surface area contributed by atoms with Crippen LogP contribution in [0, 0.1) is 17.0 Å². The second-order valence-corrected chi connectivity index (χ2v) is 6.48. The average molecular weight is 386 g/mol. The van der Waals surface area contributed by atoms with Gasteiger partial charge in [-0.05, 0) is 19.9 Å². The minimum atomic E-state index is -1.32. The smallest absolute Gasteiger partial charge is 0.408 e. The quantitative estimate of drug-likeness (QED) is 0.468. The number of Topliss-reactive ketones (excluding diaryl/α,β-unsaturated/α-hetero) is 1. The standard InChI is InChI=1S/C14H16BrN3O5/c1-8-10(5-9(15)6-11(8)18(22)23)12(19)14(2)7-16-3-4-17(14)13(20)21/h5-6,16H,3-4,7H2,1-2H3,(H,20,21). The third-order valence-electron chi connectivity index (χ3n) is 4.08. The molecule has 1 saturated heterocycles. The van der Waals surface area contributed by atoms with Gasteiger partial charge in [0.1, 0.15) is 5.54 Å². The van der Waals surface area contributed by atoms with Crippen LogP contribution in [0.1, 0.15) is 22.8 Å². The Morgan fingerprint density at radius 2 is 2.13 bits per heavy atom. The zero-order valence-electron chi connectivity index (χ0n) is 12.6. The number of hydrogen-bond donors (Lipinski definition) is 2. The summed E-state index contributed by atoms with van der Waals surface area (Å²) in [7, 11) is 0. The van der Waals surface area contributed by atoms with Gasteiger partial charge in [-0.2, -0.15) is 0 Å². The molecule has 2 rings (SSSR count). The number of nitro benzene ring substituents is 1. The second kappa shape index (κ2) is 6.25. The number of nitro groups is 1. The first kappa shape index (κ1) is 17.4. The Labute approximate surface area is 140 Å². The number of piperazine rings is 1. The van der Waals surface area contributed by atoms with Crippen molar-refractivity contribution in [3.05, 3.63) is 37.8 Å². The number of carbonyl (C=O) groups is 2. The highest BCUT2D eigenvalue weighted by atomic mass is 79.9. The Balaban J connectivity index is 2.55. The van der Waals surface area contributed by atoms with Crippen LogP contribution in [0.15, 0.2) is 16.6 Å². The maximum absolute atomic E-state index is 13.0. The van der Waals surface area contributed by atoms with E-state index >= 15 is 0 Å². The molecule has 1 atom stereocenters. The Bertz CT molecular complexity index is 693. The molecule has 0 aromatic heterocycles. The zero-order valence-corrected chi connectivity index (χ0v) is 14.2. The van der Waals surface area contributed by atoms with Crippen LogP contribution in [0.5, 0.6) is 0 Å². The van der Waals surface area contributed by atoms with Crippen LogP contribution in [-0.2, 0) is 0 Å². The lowest BCUT2D eigenvalue weighted by Crippen LogP contribution is -2.65. The van der Waals surface area contributed by atoms with Crippen molar-refractivity contribution in [2.45, 2.75) is 19.4 Å². The van der Waals surface area contributed by atoms with Gasteiger partial charge < -0.3 is 10.4 Å². The highest BCUT2D eigenvalue weighted by Gasteiger charge is 2.45. The van der Waals surface area contributed by atoms with E-state index < -0.39 is 22.3 Å². The molecule has 1 aliphatic heterocycles. The van der Waals surface area contributed by atoms with Crippen LogP contribution >= 0.6 is 15.9 Å². The second-order valence-electron chi connectivity index (χ2n) is 5.57. The molecule has 0 bridgehead atoms. The van der Waals surface area contributed by atoms with Crippen molar-refractivity contribution in [2.75, 3.05) is 19.6 Å². The highest BCUT2D eigenvalue weighted by Crippen LogP contribution is 2.31. The predicted octanol–water partition coefficient (Wildman–Crippen LogP) is 2.19. The fraction of sp³-hybridized carbons (Fsp3) is 0.429. The number of hydrogen-bond acceptors (Lipinski definition) is 5. The Kier molecular flexibility index (Phi) is 4.71. The van der Waals surface area contributed by atoms with Crippen molar-refractivity contribution >= 4 is 33.5 Å². The minimum Gasteiger partial charge on any atom is -0.465 e. The van der Waals surface area contributed by atoms with Crippen molar-refractivity contribution in [3.8, 4) is 0 Å². The summed E-state index contributed by atoms with van der Waals surface area (Å²) in [6.07, 6.45) is -1.19. The molecule has 1 aromatic rings. The molecule has 0 radical (unpaired) electrons. The lowest BCUT2D eigenvalue weighted by molar-refractivity contribution is -0.385. The van der Waals surface area contributed by atoms with E-state index in [-0.39, 0.29) is 29.9 Å². The molecule has 1 aromatic carbocycles. The van der Waals surface area contributed by atoms with Gasteiger partial charge in [-0.15, -0.1) is 0 Å². The molecule has 8 nitrogen and oxygen atoms in total. The van der Waals surface area contributed by atoms with Gasteiger partial charge in [-0.25, -0.2) is 4.79 Å². The molecule has 124 valence electrons. The number of rotatable bonds is 3. The number of ketones is 1. The molecule has 9 heteroatoms. The lowest BCUT2D eigenvalue weighted by Gasteiger charge is -2.42. The number of nitrogens with one attached hydrogen (secondary N) is 1. The normalized spacial score (nSPS) is 21.1. The number of halogens is 1. The number of nitrogens with zero attached hydrogens (tertiary/aromatic N) is 2. The summed E-state index contributed by atoms with van der Waals surface area (Å²) in [5, 5.41) is 23.5. The van der Waals surface area contributed by atoms with Crippen molar-refractivity contribution in [3.63, 3.8) is 0 Å². The van der Waals surface area contributed by atoms with E-state index in [4.69, 9.17) is 0 Å². The van der Waals surface area contributed by atoms with E-state index in [1.807, 2.05) is 0 Å². The summed E-state index contributed by atoms with van der Waals surface area (Å²) >= 11 is 3.17. The molecule has 23 heavy (non-hydrogen) atoms. The van der Waals surface area contributed by atoms with Gasteiger partial charge >= 0.3 is 6.09 Å². The molecule has 1 amide bonds. The first-order chi connectivity index (χ1) is 10.7. The van der Waals surface area contributed by atoms with Crippen molar-refractivity contribution in [1.29, 1.82) is 0 Å². The molecule has 1 heterocycles. The molecule has 1 unspecified atom stereocenters. The Hall–Kier alpha value is -2.00.